The van der Waals surface area contributed by atoms with Gasteiger partial charge in [-0.2, -0.15) is 0 Å². The third-order valence-corrected chi connectivity index (χ3v) is 3.33. The van der Waals surface area contributed by atoms with Gasteiger partial charge in [-0.3, -0.25) is 0 Å². The Kier molecular flexibility index (Phi) is 3.32. The number of halogens is 1. The molecule has 1 aliphatic heterocycles. The lowest BCUT2D eigenvalue weighted by Crippen LogP contribution is -2.25. The zero-order chi connectivity index (χ0) is 11.5. The largest absolute Gasteiger partial charge is 0.399 e. The van der Waals surface area contributed by atoms with Crippen LogP contribution in [0.25, 0.3) is 0 Å². The summed E-state index contributed by atoms with van der Waals surface area (Å²) in [6.45, 7) is 4.16. The normalized spacial score (nSPS) is 21.9. The molecule has 0 bridgehead atoms. The summed E-state index contributed by atoms with van der Waals surface area (Å²) in [5, 5.41) is 0. The standard InChI is InChI=1S/C13H19FN2/c1-10-3-2-7-16(8-6-10)13-5-4-11(15)9-12(13)14/h4-5,9-10H,2-3,6-8,15H2,1H3. The zero-order valence-electron chi connectivity index (χ0n) is 9.75. The van der Waals surface area contributed by atoms with Crippen LogP contribution < -0.4 is 10.6 Å². The number of nitrogen functional groups attached to an aromatic ring is 1. The Hall–Kier alpha value is -1.25. The maximum atomic E-state index is 13.7. The van der Waals surface area contributed by atoms with Gasteiger partial charge in [0.05, 0.1) is 5.69 Å². The molecule has 0 aromatic heterocycles. The lowest BCUT2D eigenvalue weighted by Gasteiger charge is -2.23. The molecule has 0 radical (unpaired) electrons. The highest BCUT2D eigenvalue weighted by molar-refractivity contribution is 5.54. The van der Waals surface area contributed by atoms with E-state index >= 15 is 0 Å². The van der Waals surface area contributed by atoms with E-state index in [0.717, 1.165) is 31.8 Å². The van der Waals surface area contributed by atoms with Gasteiger partial charge in [-0.15, -0.1) is 0 Å². The highest BCUT2D eigenvalue weighted by Crippen LogP contribution is 2.25. The summed E-state index contributed by atoms with van der Waals surface area (Å²) in [4.78, 5) is 2.14. The Morgan fingerprint density at radius 1 is 1.31 bits per heavy atom. The van der Waals surface area contributed by atoms with Gasteiger partial charge in [0.25, 0.3) is 0 Å². The molecule has 1 fully saturated rings. The second-order valence-corrected chi connectivity index (χ2v) is 4.73. The second-order valence-electron chi connectivity index (χ2n) is 4.73. The van der Waals surface area contributed by atoms with Crippen molar-refractivity contribution >= 4 is 11.4 Å². The quantitative estimate of drug-likeness (QED) is 0.740. The maximum Gasteiger partial charge on any atom is 0.148 e. The highest BCUT2D eigenvalue weighted by Gasteiger charge is 2.16. The van der Waals surface area contributed by atoms with Crippen molar-refractivity contribution in [3.63, 3.8) is 0 Å². The number of hydrogen-bond donors (Lipinski definition) is 1. The minimum absolute atomic E-state index is 0.199. The fraction of sp³-hybridized carbons (Fsp3) is 0.538. The Morgan fingerprint density at radius 2 is 2.12 bits per heavy atom. The van der Waals surface area contributed by atoms with Crippen molar-refractivity contribution < 1.29 is 4.39 Å². The van der Waals surface area contributed by atoms with Crippen LogP contribution in [0, 0.1) is 11.7 Å². The molecule has 0 amide bonds. The molecule has 3 heteroatoms. The number of nitrogens with two attached hydrogens (primary N) is 1. The average Bonchev–Trinajstić information content (AvgIpc) is 2.43. The van der Waals surface area contributed by atoms with Crippen LogP contribution in [0.1, 0.15) is 26.2 Å². The van der Waals surface area contributed by atoms with Crippen LogP contribution in [0.15, 0.2) is 18.2 Å². The average molecular weight is 222 g/mol. The third kappa shape index (κ3) is 2.46. The number of anilines is 2. The number of nitrogens with zero attached hydrogens (tertiary/aromatic N) is 1. The molecular weight excluding hydrogens is 203 g/mol. The van der Waals surface area contributed by atoms with Gasteiger partial charge in [0.2, 0.25) is 0 Å². The van der Waals surface area contributed by atoms with Crippen LogP contribution in [0.3, 0.4) is 0 Å². The van der Waals surface area contributed by atoms with Crippen molar-refractivity contribution in [1.82, 2.24) is 0 Å². The van der Waals surface area contributed by atoms with Gasteiger partial charge in [-0.1, -0.05) is 6.92 Å². The van der Waals surface area contributed by atoms with E-state index in [4.69, 9.17) is 5.73 Å². The predicted octanol–water partition coefficient (Wildman–Crippen LogP) is 3.03. The van der Waals surface area contributed by atoms with Crippen LogP contribution in [-0.4, -0.2) is 13.1 Å². The summed E-state index contributed by atoms with van der Waals surface area (Å²) in [7, 11) is 0. The number of hydrogen-bond acceptors (Lipinski definition) is 2. The third-order valence-electron chi connectivity index (χ3n) is 3.33. The van der Waals surface area contributed by atoms with Gasteiger partial charge in [0, 0.05) is 18.8 Å². The van der Waals surface area contributed by atoms with Crippen LogP contribution in [-0.2, 0) is 0 Å². The second kappa shape index (κ2) is 4.73. The summed E-state index contributed by atoms with van der Waals surface area (Å²) in [6, 6.07) is 4.97. The SMILES string of the molecule is CC1CCCN(c2ccc(N)cc2F)CC1. The Balaban J connectivity index is 2.16. The van der Waals surface area contributed by atoms with E-state index < -0.39 is 0 Å². The summed E-state index contributed by atoms with van der Waals surface area (Å²) >= 11 is 0. The van der Waals surface area contributed by atoms with Gasteiger partial charge in [-0.25, -0.2) is 4.39 Å². The van der Waals surface area contributed by atoms with Crippen molar-refractivity contribution in [2.45, 2.75) is 26.2 Å². The van der Waals surface area contributed by atoms with E-state index in [1.165, 1.54) is 12.5 Å². The van der Waals surface area contributed by atoms with Crippen molar-refractivity contribution in [3.8, 4) is 0 Å². The molecule has 1 aromatic rings. The van der Waals surface area contributed by atoms with Gasteiger partial charge in [-0.05, 0) is 43.4 Å². The molecule has 1 unspecified atom stereocenters. The summed E-state index contributed by atoms with van der Waals surface area (Å²) in [5.41, 5.74) is 6.74. The lowest BCUT2D eigenvalue weighted by atomic mass is 10.0. The molecule has 1 aromatic carbocycles. The molecule has 1 aliphatic rings. The van der Waals surface area contributed by atoms with Gasteiger partial charge >= 0.3 is 0 Å². The molecule has 16 heavy (non-hydrogen) atoms. The summed E-state index contributed by atoms with van der Waals surface area (Å²) < 4.78 is 13.7. The molecule has 0 aliphatic carbocycles. The molecule has 1 atom stereocenters. The topological polar surface area (TPSA) is 29.3 Å². The fourth-order valence-corrected chi connectivity index (χ4v) is 2.28. The molecule has 1 heterocycles. The highest BCUT2D eigenvalue weighted by atomic mass is 19.1. The summed E-state index contributed by atoms with van der Waals surface area (Å²) in [5.74, 6) is 0.552. The lowest BCUT2D eigenvalue weighted by molar-refractivity contribution is 0.520. The molecule has 2 nitrogen and oxygen atoms in total. The molecule has 88 valence electrons. The predicted molar refractivity (Wildman–Crippen MR) is 66.0 cm³/mol. The van der Waals surface area contributed by atoms with Crippen LogP contribution in [0.4, 0.5) is 15.8 Å². The molecule has 1 saturated heterocycles. The van der Waals surface area contributed by atoms with Crippen molar-refractivity contribution in [2.75, 3.05) is 23.7 Å². The first-order valence-electron chi connectivity index (χ1n) is 5.97. The molecule has 0 saturated carbocycles. The molecule has 2 N–H and O–H groups in total. The van der Waals surface area contributed by atoms with E-state index in [9.17, 15) is 4.39 Å². The first-order valence-corrected chi connectivity index (χ1v) is 5.97. The molecular formula is C13H19FN2. The smallest absolute Gasteiger partial charge is 0.148 e. The zero-order valence-corrected chi connectivity index (χ0v) is 9.75. The van der Waals surface area contributed by atoms with Gasteiger partial charge in [0.15, 0.2) is 0 Å². The minimum atomic E-state index is -0.199. The fourth-order valence-electron chi connectivity index (χ4n) is 2.28. The maximum absolute atomic E-state index is 13.7. The van der Waals surface area contributed by atoms with E-state index in [-0.39, 0.29) is 5.82 Å². The number of benzene rings is 1. The van der Waals surface area contributed by atoms with Gasteiger partial charge < -0.3 is 10.6 Å². The van der Waals surface area contributed by atoms with E-state index in [1.54, 1.807) is 12.1 Å². The first kappa shape index (κ1) is 11.2. The molecule has 0 spiro atoms. The van der Waals surface area contributed by atoms with Gasteiger partial charge in [0.1, 0.15) is 5.82 Å². The number of rotatable bonds is 1. The van der Waals surface area contributed by atoms with Crippen LogP contribution >= 0.6 is 0 Å². The molecule has 2 rings (SSSR count). The van der Waals surface area contributed by atoms with Crippen LogP contribution in [0.2, 0.25) is 0 Å². The van der Waals surface area contributed by atoms with E-state index in [0.29, 0.717) is 11.4 Å². The summed E-state index contributed by atoms with van der Waals surface area (Å²) in [6.07, 6.45) is 3.53. The van der Waals surface area contributed by atoms with E-state index in [2.05, 4.69) is 11.8 Å². The Bertz CT molecular complexity index is 365. The van der Waals surface area contributed by atoms with Crippen molar-refractivity contribution in [2.24, 2.45) is 5.92 Å². The minimum Gasteiger partial charge on any atom is -0.399 e. The Labute approximate surface area is 96.2 Å². The van der Waals surface area contributed by atoms with Crippen molar-refractivity contribution in [3.05, 3.63) is 24.0 Å². The van der Waals surface area contributed by atoms with Crippen LogP contribution in [0.5, 0.6) is 0 Å². The van der Waals surface area contributed by atoms with E-state index in [1.807, 2.05) is 0 Å². The Morgan fingerprint density at radius 3 is 2.88 bits per heavy atom. The monoisotopic (exact) mass is 222 g/mol. The van der Waals surface area contributed by atoms with Crippen molar-refractivity contribution in [1.29, 1.82) is 0 Å². The first-order chi connectivity index (χ1) is 7.66.